The van der Waals surface area contributed by atoms with E-state index < -0.39 is 5.60 Å². The van der Waals surface area contributed by atoms with Crippen molar-refractivity contribution in [2.75, 3.05) is 13.2 Å². The van der Waals surface area contributed by atoms with Crippen LogP contribution in [-0.4, -0.2) is 29.7 Å². The first-order valence-electron chi connectivity index (χ1n) is 4.25. The summed E-state index contributed by atoms with van der Waals surface area (Å²) in [6, 6.07) is 0. The van der Waals surface area contributed by atoms with Gasteiger partial charge in [-0.3, -0.25) is 4.79 Å². The highest BCUT2D eigenvalue weighted by molar-refractivity contribution is 6.04. The number of rotatable bonds is 3. The third-order valence-corrected chi connectivity index (χ3v) is 1.96. The van der Waals surface area contributed by atoms with Gasteiger partial charge in [0.05, 0.1) is 13.2 Å². The van der Waals surface area contributed by atoms with Gasteiger partial charge in [0.2, 0.25) is 0 Å². The summed E-state index contributed by atoms with van der Waals surface area (Å²) in [5, 5.41) is 8.59. The second-order valence-corrected chi connectivity index (χ2v) is 3.28. The molecule has 0 aliphatic heterocycles. The van der Waals surface area contributed by atoms with Gasteiger partial charge in [-0.2, -0.15) is 0 Å². The van der Waals surface area contributed by atoms with E-state index in [0.717, 1.165) is 0 Å². The van der Waals surface area contributed by atoms with Gasteiger partial charge in [-0.1, -0.05) is 0 Å². The minimum absolute atomic E-state index is 0.00966. The fourth-order valence-electron chi connectivity index (χ4n) is 1.28. The lowest BCUT2D eigenvalue weighted by Gasteiger charge is -2.25. The minimum atomic E-state index is -0.541. The van der Waals surface area contributed by atoms with Crippen molar-refractivity contribution in [1.29, 1.82) is 0 Å². The quantitative estimate of drug-likeness (QED) is 0.703. The van der Waals surface area contributed by atoms with Crippen molar-refractivity contribution in [3.63, 3.8) is 0 Å². The Bertz CT molecular complexity index is 265. The largest absolute Gasteiger partial charge is 0.394 e. The number of ketones is 1. The molecule has 0 fully saturated rings. The minimum Gasteiger partial charge on any atom is -0.394 e. The number of carbonyl (C=O) groups is 1. The Morgan fingerprint density at radius 2 is 2.31 bits per heavy atom. The van der Waals surface area contributed by atoms with Crippen LogP contribution in [-0.2, 0) is 9.53 Å². The average Bonchev–Trinajstić information content (AvgIpc) is 2.09. The summed E-state index contributed by atoms with van der Waals surface area (Å²) in [5.74, 6) is 0.0186. The van der Waals surface area contributed by atoms with Gasteiger partial charge in [0.15, 0.2) is 5.78 Å². The van der Waals surface area contributed by atoms with E-state index in [1.807, 2.05) is 6.92 Å². The third-order valence-electron chi connectivity index (χ3n) is 1.96. The van der Waals surface area contributed by atoms with Crippen LogP contribution in [0, 0.1) is 0 Å². The van der Waals surface area contributed by atoms with E-state index >= 15 is 0 Å². The van der Waals surface area contributed by atoms with Crippen molar-refractivity contribution >= 4 is 5.78 Å². The predicted octanol–water partition coefficient (Wildman–Crippen LogP) is 0.839. The Kier molecular flexibility index (Phi) is 3.01. The number of aliphatic hydroxyl groups excluding tert-OH is 1. The molecule has 3 nitrogen and oxygen atoms in total. The van der Waals surface area contributed by atoms with Crippen LogP contribution in [0.4, 0.5) is 0 Å². The lowest BCUT2D eigenvalue weighted by atomic mass is 9.94. The second kappa shape index (κ2) is 3.85. The van der Waals surface area contributed by atoms with Crippen molar-refractivity contribution < 1.29 is 14.6 Å². The number of ether oxygens (including phenoxy) is 1. The normalized spacial score (nSPS) is 27.6. The maximum Gasteiger partial charge on any atom is 0.181 e. The fraction of sp³-hybridized carbons (Fsp3) is 0.500. The van der Waals surface area contributed by atoms with Gasteiger partial charge >= 0.3 is 0 Å². The van der Waals surface area contributed by atoms with E-state index in [1.54, 1.807) is 19.1 Å². The standard InChI is InChI=1S/C10H14O3/c1-8-7-10(2,13-6-5-11)4-3-9(8)12/h3-4,7,11H,5-6H2,1-2H3. The molecule has 1 aliphatic rings. The van der Waals surface area contributed by atoms with Crippen LogP contribution in [0.15, 0.2) is 23.8 Å². The molecule has 1 aliphatic carbocycles. The molecule has 0 amide bonds. The molecule has 1 N–H and O–H groups in total. The molecule has 3 heteroatoms. The number of carbonyl (C=O) groups excluding carboxylic acids is 1. The van der Waals surface area contributed by atoms with Gasteiger partial charge in [-0.25, -0.2) is 0 Å². The summed E-state index contributed by atoms with van der Waals surface area (Å²) < 4.78 is 5.37. The van der Waals surface area contributed by atoms with E-state index in [4.69, 9.17) is 9.84 Å². The third kappa shape index (κ3) is 2.50. The van der Waals surface area contributed by atoms with Gasteiger partial charge in [0, 0.05) is 0 Å². The molecule has 0 aromatic carbocycles. The number of hydrogen-bond acceptors (Lipinski definition) is 3. The summed E-state index contributed by atoms with van der Waals surface area (Å²) in [7, 11) is 0. The second-order valence-electron chi connectivity index (χ2n) is 3.28. The molecule has 0 saturated heterocycles. The van der Waals surface area contributed by atoms with Gasteiger partial charge < -0.3 is 9.84 Å². The predicted molar refractivity (Wildman–Crippen MR) is 49.3 cm³/mol. The Morgan fingerprint density at radius 3 is 2.85 bits per heavy atom. The smallest absolute Gasteiger partial charge is 0.181 e. The maximum atomic E-state index is 11.1. The Morgan fingerprint density at radius 1 is 1.62 bits per heavy atom. The van der Waals surface area contributed by atoms with Gasteiger partial charge in [0.1, 0.15) is 5.60 Å². The highest BCUT2D eigenvalue weighted by atomic mass is 16.5. The number of aliphatic hydroxyl groups is 1. The van der Waals surface area contributed by atoms with Crippen LogP contribution in [0.25, 0.3) is 0 Å². The molecule has 0 bridgehead atoms. The lowest BCUT2D eigenvalue weighted by molar-refractivity contribution is -0.111. The van der Waals surface area contributed by atoms with E-state index in [9.17, 15) is 4.79 Å². The van der Waals surface area contributed by atoms with Crippen molar-refractivity contribution in [3.8, 4) is 0 Å². The summed E-state index contributed by atoms with van der Waals surface area (Å²) in [6.07, 6.45) is 4.98. The number of hydrogen-bond donors (Lipinski definition) is 1. The summed E-state index contributed by atoms with van der Waals surface area (Å²) in [5.41, 5.74) is 0.142. The fourth-order valence-corrected chi connectivity index (χ4v) is 1.28. The van der Waals surface area contributed by atoms with Gasteiger partial charge in [-0.05, 0) is 37.6 Å². The zero-order valence-electron chi connectivity index (χ0n) is 7.91. The molecule has 0 heterocycles. The van der Waals surface area contributed by atoms with Gasteiger partial charge in [0.25, 0.3) is 0 Å². The molecule has 1 rings (SSSR count). The van der Waals surface area contributed by atoms with E-state index in [-0.39, 0.29) is 19.0 Å². The summed E-state index contributed by atoms with van der Waals surface area (Å²) >= 11 is 0. The highest BCUT2D eigenvalue weighted by Gasteiger charge is 2.23. The van der Waals surface area contributed by atoms with Crippen molar-refractivity contribution in [2.45, 2.75) is 19.4 Å². The molecule has 0 aromatic rings. The van der Waals surface area contributed by atoms with E-state index in [0.29, 0.717) is 5.57 Å². The van der Waals surface area contributed by atoms with Crippen LogP contribution in [0.1, 0.15) is 13.8 Å². The molecule has 0 radical (unpaired) electrons. The first-order valence-corrected chi connectivity index (χ1v) is 4.25. The molecular formula is C10H14O3. The molecule has 0 saturated carbocycles. The zero-order chi connectivity index (χ0) is 9.90. The molecule has 0 aromatic heterocycles. The average molecular weight is 182 g/mol. The molecule has 72 valence electrons. The maximum absolute atomic E-state index is 11.1. The summed E-state index contributed by atoms with van der Waals surface area (Å²) in [4.78, 5) is 11.1. The van der Waals surface area contributed by atoms with E-state index in [1.165, 1.54) is 6.08 Å². The van der Waals surface area contributed by atoms with Crippen LogP contribution < -0.4 is 0 Å². The van der Waals surface area contributed by atoms with Crippen molar-refractivity contribution in [2.24, 2.45) is 0 Å². The van der Waals surface area contributed by atoms with Crippen LogP contribution >= 0.6 is 0 Å². The molecule has 1 unspecified atom stereocenters. The van der Waals surface area contributed by atoms with E-state index in [2.05, 4.69) is 0 Å². The van der Waals surface area contributed by atoms with Crippen molar-refractivity contribution in [3.05, 3.63) is 23.8 Å². The lowest BCUT2D eigenvalue weighted by Crippen LogP contribution is -2.28. The number of allylic oxidation sites excluding steroid dienone is 2. The Hall–Kier alpha value is -0.930. The first-order chi connectivity index (χ1) is 6.07. The summed E-state index contributed by atoms with van der Waals surface area (Å²) in [6.45, 7) is 3.88. The molecule has 1 atom stereocenters. The SMILES string of the molecule is CC1=CC(C)(OCCO)C=CC1=O. The first kappa shape index (κ1) is 10.2. The topological polar surface area (TPSA) is 46.5 Å². The van der Waals surface area contributed by atoms with Crippen LogP contribution in [0.3, 0.4) is 0 Å². The van der Waals surface area contributed by atoms with Crippen LogP contribution in [0.2, 0.25) is 0 Å². The van der Waals surface area contributed by atoms with Crippen LogP contribution in [0.5, 0.6) is 0 Å². The highest BCUT2D eigenvalue weighted by Crippen LogP contribution is 2.21. The van der Waals surface area contributed by atoms with Crippen molar-refractivity contribution in [1.82, 2.24) is 0 Å². The zero-order valence-corrected chi connectivity index (χ0v) is 7.91. The monoisotopic (exact) mass is 182 g/mol. The Labute approximate surface area is 77.7 Å². The van der Waals surface area contributed by atoms with Gasteiger partial charge in [-0.15, -0.1) is 0 Å². The molecule has 13 heavy (non-hydrogen) atoms. The molecular weight excluding hydrogens is 168 g/mol. The molecule has 0 spiro atoms. The Balaban J connectivity index is 2.70.